The molecule has 1 saturated heterocycles. The molecule has 0 aromatic heterocycles. The average molecular weight is 146 g/mol. The minimum atomic E-state index is -0.969. The van der Waals surface area contributed by atoms with E-state index < -0.39 is 5.67 Å². The second kappa shape index (κ2) is 2.84. The number of nitrogens with one attached hydrogen (secondary N) is 1. The molecule has 1 atom stereocenters. The highest BCUT2D eigenvalue weighted by Gasteiger charge is 2.33. The van der Waals surface area contributed by atoms with Gasteiger partial charge in [-0.3, -0.25) is 0 Å². The predicted octanol–water partition coefficient (Wildman–Crippen LogP) is 0.250. The Kier molecular flexibility index (Phi) is 2.26. The van der Waals surface area contributed by atoms with Crippen molar-refractivity contribution in [3.8, 4) is 0 Å². The molecule has 1 aliphatic rings. The summed E-state index contributed by atoms with van der Waals surface area (Å²) in [5.74, 6) is 0. The maximum absolute atomic E-state index is 13.5. The number of hydrogen-bond acceptors (Lipinski definition) is 2. The Morgan fingerprint density at radius 3 is 2.70 bits per heavy atom. The van der Waals surface area contributed by atoms with E-state index in [1.165, 1.54) is 0 Å². The normalized spacial score (nSPS) is 33.6. The average Bonchev–Trinajstić information content (AvgIpc) is 2.12. The SMILES string of the molecule is CN(C)C[C@]1(F)CCNC1. The quantitative estimate of drug-likeness (QED) is 0.600. The number of hydrogen-bond donors (Lipinski definition) is 1. The molecule has 0 unspecified atom stereocenters. The van der Waals surface area contributed by atoms with E-state index in [-0.39, 0.29) is 0 Å². The first kappa shape index (κ1) is 7.95. The van der Waals surface area contributed by atoms with Gasteiger partial charge in [-0.25, -0.2) is 4.39 Å². The fourth-order valence-electron chi connectivity index (χ4n) is 1.41. The standard InChI is InChI=1S/C7H15FN2/c1-10(2)6-7(8)3-4-9-5-7/h9H,3-6H2,1-2H3/t7-/m0/s1. The van der Waals surface area contributed by atoms with Crippen molar-refractivity contribution in [1.29, 1.82) is 0 Å². The van der Waals surface area contributed by atoms with Crippen LogP contribution in [0.15, 0.2) is 0 Å². The van der Waals surface area contributed by atoms with E-state index in [1.807, 2.05) is 19.0 Å². The fourth-order valence-corrected chi connectivity index (χ4v) is 1.41. The zero-order chi connectivity index (χ0) is 7.61. The van der Waals surface area contributed by atoms with Crippen molar-refractivity contribution < 1.29 is 4.39 Å². The summed E-state index contributed by atoms with van der Waals surface area (Å²) >= 11 is 0. The summed E-state index contributed by atoms with van der Waals surface area (Å²) in [5.41, 5.74) is -0.969. The summed E-state index contributed by atoms with van der Waals surface area (Å²) in [4.78, 5) is 1.90. The van der Waals surface area contributed by atoms with Crippen LogP contribution in [0.3, 0.4) is 0 Å². The lowest BCUT2D eigenvalue weighted by Crippen LogP contribution is -2.37. The summed E-state index contributed by atoms with van der Waals surface area (Å²) in [5, 5.41) is 3.02. The molecule has 1 rings (SSSR count). The third-order valence-corrected chi connectivity index (χ3v) is 1.79. The van der Waals surface area contributed by atoms with Crippen molar-refractivity contribution in [1.82, 2.24) is 10.2 Å². The van der Waals surface area contributed by atoms with Gasteiger partial charge in [-0.1, -0.05) is 0 Å². The first-order valence-corrected chi connectivity index (χ1v) is 3.67. The van der Waals surface area contributed by atoms with Gasteiger partial charge in [0.25, 0.3) is 0 Å². The molecule has 0 spiro atoms. The Hall–Kier alpha value is -0.150. The molecule has 0 amide bonds. The van der Waals surface area contributed by atoms with E-state index in [9.17, 15) is 4.39 Å². The Balaban J connectivity index is 2.36. The Labute approximate surface area is 61.4 Å². The largest absolute Gasteiger partial charge is 0.313 e. The van der Waals surface area contributed by atoms with Crippen LogP contribution in [0.1, 0.15) is 6.42 Å². The highest BCUT2D eigenvalue weighted by Crippen LogP contribution is 2.19. The zero-order valence-electron chi connectivity index (χ0n) is 6.65. The van der Waals surface area contributed by atoms with E-state index in [0.29, 0.717) is 19.5 Å². The van der Waals surface area contributed by atoms with Crippen molar-refractivity contribution in [2.75, 3.05) is 33.7 Å². The molecule has 1 N–H and O–H groups in total. The molecular formula is C7H15FN2. The van der Waals surface area contributed by atoms with E-state index in [4.69, 9.17) is 0 Å². The van der Waals surface area contributed by atoms with Gasteiger partial charge in [0.1, 0.15) is 5.67 Å². The first-order chi connectivity index (χ1) is 4.62. The van der Waals surface area contributed by atoms with E-state index in [1.54, 1.807) is 0 Å². The van der Waals surface area contributed by atoms with Crippen LogP contribution in [-0.2, 0) is 0 Å². The molecule has 1 fully saturated rings. The number of alkyl halides is 1. The van der Waals surface area contributed by atoms with E-state index in [2.05, 4.69) is 5.32 Å². The van der Waals surface area contributed by atoms with Crippen molar-refractivity contribution in [3.63, 3.8) is 0 Å². The van der Waals surface area contributed by atoms with Gasteiger partial charge < -0.3 is 10.2 Å². The number of nitrogens with zero attached hydrogens (tertiary/aromatic N) is 1. The van der Waals surface area contributed by atoms with Gasteiger partial charge in [0.15, 0.2) is 0 Å². The lowest BCUT2D eigenvalue weighted by atomic mass is 10.1. The van der Waals surface area contributed by atoms with Crippen LogP contribution in [0, 0.1) is 0 Å². The summed E-state index contributed by atoms with van der Waals surface area (Å²) in [6.07, 6.45) is 0.658. The molecule has 3 heteroatoms. The molecule has 0 bridgehead atoms. The van der Waals surface area contributed by atoms with Crippen LogP contribution in [0.2, 0.25) is 0 Å². The van der Waals surface area contributed by atoms with Crippen LogP contribution < -0.4 is 5.32 Å². The third kappa shape index (κ3) is 1.92. The minimum Gasteiger partial charge on any atom is -0.313 e. The second-order valence-corrected chi connectivity index (χ2v) is 3.32. The van der Waals surface area contributed by atoms with Gasteiger partial charge in [0.05, 0.1) is 0 Å². The molecule has 0 saturated carbocycles. The maximum atomic E-state index is 13.5. The number of halogens is 1. The van der Waals surface area contributed by atoms with Crippen molar-refractivity contribution in [3.05, 3.63) is 0 Å². The van der Waals surface area contributed by atoms with Crippen LogP contribution in [0.25, 0.3) is 0 Å². The Bertz CT molecular complexity index is 108. The molecule has 1 aliphatic heterocycles. The van der Waals surface area contributed by atoms with Crippen LogP contribution >= 0.6 is 0 Å². The molecule has 60 valence electrons. The topological polar surface area (TPSA) is 15.3 Å². The molecule has 0 aromatic carbocycles. The van der Waals surface area contributed by atoms with Gasteiger partial charge in [0, 0.05) is 13.1 Å². The summed E-state index contributed by atoms with van der Waals surface area (Å²) < 4.78 is 13.5. The van der Waals surface area contributed by atoms with Gasteiger partial charge in [-0.05, 0) is 27.1 Å². The van der Waals surface area contributed by atoms with Gasteiger partial charge >= 0.3 is 0 Å². The van der Waals surface area contributed by atoms with Gasteiger partial charge in [0.2, 0.25) is 0 Å². The molecule has 0 aliphatic carbocycles. The third-order valence-electron chi connectivity index (χ3n) is 1.79. The van der Waals surface area contributed by atoms with E-state index in [0.717, 1.165) is 6.54 Å². The van der Waals surface area contributed by atoms with E-state index >= 15 is 0 Å². The molecule has 10 heavy (non-hydrogen) atoms. The molecule has 0 radical (unpaired) electrons. The highest BCUT2D eigenvalue weighted by molar-refractivity contribution is 4.89. The zero-order valence-corrected chi connectivity index (χ0v) is 6.65. The minimum absolute atomic E-state index is 0.519. The van der Waals surface area contributed by atoms with Crippen LogP contribution in [-0.4, -0.2) is 44.3 Å². The summed E-state index contributed by atoms with van der Waals surface area (Å²) in [6.45, 7) is 1.88. The number of rotatable bonds is 2. The summed E-state index contributed by atoms with van der Waals surface area (Å²) in [7, 11) is 3.80. The lowest BCUT2D eigenvalue weighted by Gasteiger charge is -2.22. The monoisotopic (exact) mass is 146 g/mol. The maximum Gasteiger partial charge on any atom is 0.137 e. The van der Waals surface area contributed by atoms with Crippen molar-refractivity contribution >= 4 is 0 Å². The lowest BCUT2D eigenvalue weighted by molar-refractivity contribution is 0.139. The molecule has 2 nitrogen and oxygen atoms in total. The predicted molar refractivity (Wildman–Crippen MR) is 39.9 cm³/mol. The van der Waals surface area contributed by atoms with Crippen molar-refractivity contribution in [2.24, 2.45) is 0 Å². The van der Waals surface area contributed by atoms with Crippen molar-refractivity contribution in [2.45, 2.75) is 12.1 Å². The Morgan fingerprint density at radius 2 is 2.30 bits per heavy atom. The molecular weight excluding hydrogens is 131 g/mol. The molecule has 0 aromatic rings. The second-order valence-electron chi connectivity index (χ2n) is 3.32. The smallest absolute Gasteiger partial charge is 0.137 e. The van der Waals surface area contributed by atoms with Gasteiger partial charge in [-0.2, -0.15) is 0 Å². The van der Waals surface area contributed by atoms with Crippen LogP contribution in [0.5, 0.6) is 0 Å². The van der Waals surface area contributed by atoms with Gasteiger partial charge in [-0.15, -0.1) is 0 Å². The first-order valence-electron chi connectivity index (χ1n) is 3.67. The highest BCUT2D eigenvalue weighted by atomic mass is 19.1. The van der Waals surface area contributed by atoms with Crippen LogP contribution in [0.4, 0.5) is 4.39 Å². The summed E-state index contributed by atoms with van der Waals surface area (Å²) in [6, 6.07) is 0. The Morgan fingerprint density at radius 1 is 1.60 bits per heavy atom. The molecule has 1 heterocycles. The fraction of sp³-hybridized carbons (Fsp3) is 1.00.